The molecule has 0 aliphatic carbocycles. The van der Waals surface area contributed by atoms with Crippen molar-refractivity contribution in [1.29, 1.82) is 0 Å². The molecule has 1 heterocycles. The monoisotopic (exact) mass is 400 g/mol. The summed E-state index contributed by atoms with van der Waals surface area (Å²) in [6.45, 7) is 1.80. The maximum absolute atomic E-state index is 11.5. The zero-order chi connectivity index (χ0) is 20.3. The van der Waals surface area contributed by atoms with Crippen LogP contribution in [0.25, 0.3) is 11.3 Å². The average Bonchev–Trinajstić information content (AvgIpc) is 3.11. The first-order valence-corrected chi connectivity index (χ1v) is 10.2. The summed E-state index contributed by atoms with van der Waals surface area (Å²) in [6.07, 6.45) is -0.0804. The van der Waals surface area contributed by atoms with Crippen molar-refractivity contribution in [3.8, 4) is 11.3 Å². The van der Waals surface area contributed by atoms with Crippen LogP contribution in [0.1, 0.15) is 30.6 Å². The van der Waals surface area contributed by atoms with E-state index in [1.807, 2.05) is 30.3 Å². The Morgan fingerprint density at radius 2 is 1.79 bits per heavy atom. The van der Waals surface area contributed by atoms with E-state index >= 15 is 0 Å². The number of nitrogens with zero attached hydrogens (tertiary/aromatic N) is 1. The Balaban J connectivity index is 2.00. The van der Waals surface area contributed by atoms with Gasteiger partial charge >= 0.3 is 5.97 Å². The smallest absolute Gasteiger partial charge is 0.303 e. The van der Waals surface area contributed by atoms with Crippen LogP contribution in [-0.2, 0) is 14.8 Å². The number of benzene rings is 2. The summed E-state index contributed by atoms with van der Waals surface area (Å²) in [4.78, 5) is 11.2. The fourth-order valence-electron chi connectivity index (χ4n) is 3.21. The second kappa shape index (κ2) is 7.95. The van der Waals surface area contributed by atoms with E-state index in [4.69, 9.17) is 9.66 Å². The zero-order valence-electron chi connectivity index (χ0n) is 15.1. The summed E-state index contributed by atoms with van der Waals surface area (Å²) in [5.41, 5.74) is 2.24. The van der Waals surface area contributed by atoms with Gasteiger partial charge in [-0.2, -0.15) is 0 Å². The quantitative estimate of drug-likeness (QED) is 0.627. The Hall–Kier alpha value is -2.97. The molecule has 0 aliphatic rings. The fourth-order valence-corrected chi connectivity index (χ4v) is 3.73. The van der Waals surface area contributed by atoms with Crippen LogP contribution in [0.4, 0.5) is 0 Å². The Morgan fingerprint density at radius 3 is 2.36 bits per heavy atom. The van der Waals surface area contributed by atoms with Crippen LogP contribution >= 0.6 is 0 Å². The number of nitrogens with two attached hydrogens (primary N) is 1. The van der Waals surface area contributed by atoms with Crippen LogP contribution in [0, 0.1) is 5.92 Å². The third-order valence-electron chi connectivity index (χ3n) is 4.54. The summed E-state index contributed by atoms with van der Waals surface area (Å²) in [6, 6.07) is 17.3. The number of carboxylic acid groups (broad SMARTS) is 1. The molecule has 2 unspecified atom stereocenters. The topological polar surface area (TPSA) is 123 Å². The minimum Gasteiger partial charge on any atom is -0.481 e. The third kappa shape index (κ3) is 4.47. The molecule has 0 saturated carbocycles. The highest BCUT2D eigenvalue weighted by atomic mass is 32.2. The fraction of sp³-hybridized carbons (Fsp3) is 0.200. The van der Waals surface area contributed by atoms with E-state index in [-0.39, 0.29) is 17.2 Å². The number of carbonyl (C=O) groups is 1. The predicted molar refractivity (Wildman–Crippen MR) is 103 cm³/mol. The van der Waals surface area contributed by atoms with E-state index in [1.165, 1.54) is 12.1 Å². The molecule has 0 aliphatic heterocycles. The van der Waals surface area contributed by atoms with Gasteiger partial charge in [0.1, 0.15) is 11.5 Å². The molecule has 3 N–H and O–H groups in total. The molecule has 0 bridgehead atoms. The number of aromatic nitrogens is 1. The van der Waals surface area contributed by atoms with E-state index in [9.17, 15) is 18.3 Å². The first kappa shape index (κ1) is 19.8. The lowest BCUT2D eigenvalue weighted by molar-refractivity contribution is -0.138. The van der Waals surface area contributed by atoms with Crippen molar-refractivity contribution < 1.29 is 22.8 Å². The molecular weight excluding hydrogens is 380 g/mol. The predicted octanol–water partition coefficient (Wildman–Crippen LogP) is 3.23. The second-order valence-corrected chi connectivity index (χ2v) is 8.21. The highest BCUT2D eigenvalue weighted by molar-refractivity contribution is 7.89. The lowest BCUT2D eigenvalue weighted by Gasteiger charge is -2.21. The van der Waals surface area contributed by atoms with Gasteiger partial charge in [-0.3, -0.25) is 4.79 Å². The van der Waals surface area contributed by atoms with Gasteiger partial charge in [-0.1, -0.05) is 54.5 Å². The minimum atomic E-state index is -3.81. The third-order valence-corrected chi connectivity index (χ3v) is 5.47. The van der Waals surface area contributed by atoms with Crippen molar-refractivity contribution >= 4 is 16.0 Å². The molecule has 3 rings (SSSR count). The molecule has 28 heavy (non-hydrogen) atoms. The molecule has 7 nitrogen and oxygen atoms in total. The van der Waals surface area contributed by atoms with Gasteiger partial charge in [0.25, 0.3) is 0 Å². The summed E-state index contributed by atoms with van der Waals surface area (Å²) < 4.78 is 28.5. The van der Waals surface area contributed by atoms with Crippen molar-refractivity contribution in [1.82, 2.24) is 5.16 Å². The van der Waals surface area contributed by atoms with Crippen molar-refractivity contribution in [2.45, 2.75) is 24.2 Å². The van der Waals surface area contributed by atoms with Crippen LogP contribution in [0.5, 0.6) is 0 Å². The normalized spacial score (nSPS) is 13.8. The Bertz CT molecular complexity index is 1060. The molecule has 3 aromatic rings. The van der Waals surface area contributed by atoms with Gasteiger partial charge in [0, 0.05) is 24.0 Å². The van der Waals surface area contributed by atoms with Gasteiger partial charge in [-0.25, -0.2) is 13.6 Å². The number of rotatable bonds is 7. The largest absolute Gasteiger partial charge is 0.481 e. The van der Waals surface area contributed by atoms with Crippen molar-refractivity contribution in [3.05, 3.63) is 72.0 Å². The summed E-state index contributed by atoms with van der Waals surface area (Å²) in [5.74, 6) is -1.14. The molecule has 0 fully saturated rings. The average molecular weight is 400 g/mol. The van der Waals surface area contributed by atoms with Crippen LogP contribution < -0.4 is 5.14 Å². The van der Waals surface area contributed by atoms with Gasteiger partial charge < -0.3 is 9.63 Å². The zero-order valence-corrected chi connectivity index (χ0v) is 16.0. The second-order valence-electron chi connectivity index (χ2n) is 6.65. The minimum absolute atomic E-state index is 0.0107. The first-order valence-electron chi connectivity index (χ1n) is 8.62. The molecular formula is C20H20N2O5S. The number of hydrogen-bond acceptors (Lipinski definition) is 5. The molecule has 0 saturated heterocycles. The van der Waals surface area contributed by atoms with Gasteiger partial charge in [-0.15, -0.1) is 0 Å². The van der Waals surface area contributed by atoms with E-state index in [1.54, 1.807) is 25.1 Å². The molecule has 2 atom stereocenters. The number of sulfonamides is 1. The molecule has 0 spiro atoms. The van der Waals surface area contributed by atoms with Crippen molar-refractivity contribution in [3.63, 3.8) is 0 Å². The summed E-state index contributed by atoms with van der Waals surface area (Å²) in [5, 5.41) is 18.5. The SMILES string of the molecule is CC(CC(=O)O)C(c1ccc(S(N)(=O)=O)cc1)c1cc(-c2ccccc2)no1. The van der Waals surface area contributed by atoms with E-state index in [0.717, 1.165) is 11.1 Å². The number of carboxylic acids is 1. The molecule has 0 radical (unpaired) electrons. The maximum atomic E-state index is 11.5. The number of aliphatic carboxylic acids is 1. The molecule has 2 aromatic carbocycles. The number of primary sulfonamides is 1. The lowest BCUT2D eigenvalue weighted by Crippen LogP contribution is -2.16. The number of hydrogen-bond donors (Lipinski definition) is 2. The van der Waals surface area contributed by atoms with Gasteiger partial charge in [-0.05, 0) is 23.6 Å². The van der Waals surface area contributed by atoms with Crippen LogP contribution in [0.3, 0.4) is 0 Å². The van der Waals surface area contributed by atoms with E-state index < -0.39 is 21.9 Å². The molecule has 146 valence electrons. The Kier molecular flexibility index (Phi) is 5.62. The van der Waals surface area contributed by atoms with Crippen molar-refractivity contribution in [2.75, 3.05) is 0 Å². The van der Waals surface area contributed by atoms with E-state index in [0.29, 0.717) is 11.5 Å². The molecule has 1 aromatic heterocycles. The standard InChI is InChI=1S/C20H20N2O5S/c1-13(11-19(23)24)20(15-7-9-16(10-8-15)28(21,25)26)18-12-17(22-27-18)14-5-3-2-4-6-14/h2-10,12-13,20H,11H2,1H3,(H,23,24)(H2,21,25,26). The van der Waals surface area contributed by atoms with Crippen LogP contribution in [-0.4, -0.2) is 24.7 Å². The highest BCUT2D eigenvalue weighted by Crippen LogP contribution is 2.36. The van der Waals surface area contributed by atoms with Crippen LogP contribution in [0.2, 0.25) is 0 Å². The molecule has 8 heteroatoms. The Morgan fingerprint density at radius 1 is 1.14 bits per heavy atom. The maximum Gasteiger partial charge on any atom is 0.303 e. The van der Waals surface area contributed by atoms with Crippen molar-refractivity contribution in [2.24, 2.45) is 11.1 Å². The van der Waals surface area contributed by atoms with Gasteiger partial charge in [0.2, 0.25) is 10.0 Å². The first-order chi connectivity index (χ1) is 13.3. The van der Waals surface area contributed by atoms with Gasteiger partial charge in [0.05, 0.1) is 4.90 Å². The molecule has 0 amide bonds. The van der Waals surface area contributed by atoms with Gasteiger partial charge in [0.15, 0.2) is 0 Å². The Labute approximate surface area is 162 Å². The lowest BCUT2D eigenvalue weighted by atomic mass is 9.83. The highest BCUT2D eigenvalue weighted by Gasteiger charge is 2.28. The van der Waals surface area contributed by atoms with E-state index in [2.05, 4.69) is 5.16 Å². The summed E-state index contributed by atoms with van der Waals surface area (Å²) in [7, 11) is -3.81. The summed E-state index contributed by atoms with van der Waals surface area (Å²) >= 11 is 0. The van der Waals surface area contributed by atoms with Crippen LogP contribution in [0.15, 0.2) is 70.1 Å².